The summed E-state index contributed by atoms with van der Waals surface area (Å²) in [5.74, 6) is 0.673. The second kappa shape index (κ2) is 5.23. The van der Waals surface area contributed by atoms with Gasteiger partial charge in [-0.15, -0.1) is 22.7 Å². The van der Waals surface area contributed by atoms with E-state index >= 15 is 0 Å². The number of para-hydroxylation sites is 1. The number of benzene rings is 1. The molecule has 3 heterocycles. The third-order valence-corrected chi connectivity index (χ3v) is 5.54. The highest BCUT2D eigenvalue weighted by Gasteiger charge is 2.22. The molecule has 1 amide bonds. The lowest BCUT2D eigenvalue weighted by Gasteiger charge is -2.16. The zero-order valence-electron chi connectivity index (χ0n) is 11.8. The van der Waals surface area contributed by atoms with Crippen LogP contribution in [0, 0.1) is 0 Å². The Morgan fingerprint density at radius 1 is 1.36 bits per heavy atom. The molecule has 0 fully saturated rings. The second-order valence-corrected chi connectivity index (χ2v) is 6.89. The Morgan fingerprint density at radius 3 is 3.05 bits per heavy atom. The van der Waals surface area contributed by atoms with E-state index in [1.807, 2.05) is 53.5 Å². The number of hydrogen-bond donors (Lipinski definition) is 0. The third-order valence-electron chi connectivity index (χ3n) is 3.49. The number of aromatic nitrogens is 1. The first-order chi connectivity index (χ1) is 10.7. The van der Waals surface area contributed by atoms with Crippen molar-refractivity contribution in [3.63, 3.8) is 0 Å². The second-order valence-electron chi connectivity index (χ2n) is 4.96. The average Bonchev–Trinajstić information content (AvgIpc) is 3.14. The van der Waals surface area contributed by atoms with Crippen molar-refractivity contribution in [2.24, 2.45) is 12.0 Å². The van der Waals surface area contributed by atoms with Gasteiger partial charge in [-0.25, -0.2) is 0 Å². The lowest BCUT2D eigenvalue weighted by Crippen LogP contribution is -2.12. The molecule has 6 heteroatoms. The van der Waals surface area contributed by atoms with Gasteiger partial charge < -0.3 is 9.30 Å². The number of amides is 1. The number of carbonyl (C=O) groups excluding carboxylic acids is 1. The Bertz CT molecular complexity index is 934. The van der Waals surface area contributed by atoms with Gasteiger partial charge in [-0.1, -0.05) is 12.1 Å². The van der Waals surface area contributed by atoms with Crippen LogP contribution < -0.4 is 9.54 Å². The minimum atomic E-state index is -0.199. The number of aryl methyl sites for hydroxylation is 1. The molecule has 0 N–H and O–H groups in total. The number of nitrogens with zero attached hydrogens (tertiary/aromatic N) is 2. The van der Waals surface area contributed by atoms with Crippen molar-refractivity contribution in [2.45, 2.75) is 6.61 Å². The first-order valence-electron chi connectivity index (χ1n) is 6.76. The van der Waals surface area contributed by atoms with Crippen LogP contribution in [-0.4, -0.2) is 10.5 Å². The quantitative estimate of drug-likeness (QED) is 0.687. The monoisotopic (exact) mass is 328 g/mol. The predicted molar refractivity (Wildman–Crippen MR) is 87.3 cm³/mol. The summed E-state index contributed by atoms with van der Waals surface area (Å²) in [5, 5.41) is 1.91. The van der Waals surface area contributed by atoms with Gasteiger partial charge in [0.1, 0.15) is 12.4 Å². The molecule has 0 aliphatic carbocycles. The molecule has 0 saturated carbocycles. The van der Waals surface area contributed by atoms with Gasteiger partial charge in [-0.3, -0.25) is 4.79 Å². The number of carbonyl (C=O) groups is 1. The Labute approximate surface area is 135 Å². The van der Waals surface area contributed by atoms with Crippen molar-refractivity contribution in [1.82, 2.24) is 4.57 Å². The largest absolute Gasteiger partial charge is 0.488 e. The van der Waals surface area contributed by atoms with Crippen LogP contribution in [0.4, 0.5) is 0 Å². The number of thiazole rings is 1. The Balaban J connectivity index is 1.77. The molecule has 0 atom stereocenters. The smallest absolute Gasteiger partial charge is 0.289 e. The fraction of sp³-hybridized carbons (Fsp3) is 0.125. The molecule has 0 unspecified atom stereocenters. The molecule has 110 valence electrons. The van der Waals surface area contributed by atoms with Crippen LogP contribution in [0.3, 0.4) is 0 Å². The Morgan fingerprint density at radius 2 is 2.23 bits per heavy atom. The van der Waals surface area contributed by atoms with Gasteiger partial charge in [0.15, 0.2) is 4.80 Å². The van der Waals surface area contributed by atoms with E-state index in [1.54, 1.807) is 0 Å². The Kier molecular flexibility index (Phi) is 3.20. The summed E-state index contributed by atoms with van der Waals surface area (Å²) >= 11 is 2.94. The van der Waals surface area contributed by atoms with Crippen molar-refractivity contribution in [1.29, 1.82) is 0 Å². The van der Waals surface area contributed by atoms with Crippen LogP contribution >= 0.6 is 22.7 Å². The number of ether oxygens (including phenoxy) is 1. The summed E-state index contributed by atoms with van der Waals surface area (Å²) in [5.41, 5.74) is 2.10. The SMILES string of the molecule is Cn1ccsc1=NC(=O)c1cc2c(s1)-c1ccccc1OC2. The standard InChI is InChI=1S/C16H12N2O2S2/c1-18-6-7-21-16(18)17-15(19)13-8-10-9-20-12-5-3-2-4-11(12)14(10)22-13/h2-8H,9H2,1H3. The summed E-state index contributed by atoms with van der Waals surface area (Å²) in [7, 11) is 1.88. The lowest BCUT2D eigenvalue weighted by molar-refractivity contribution is 0.100. The molecule has 22 heavy (non-hydrogen) atoms. The van der Waals surface area contributed by atoms with E-state index in [9.17, 15) is 4.79 Å². The fourth-order valence-corrected chi connectivity index (χ4v) is 4.19. The van der Waals surface area contributed by atoms with Crippen molar-refractivity contribution in [2.75, 3.05) is 0 Å². The van der Waals surface area contributed by atoms with Gasteiger partial charge in [-0.05, 0) is 18.2 Å². The van der Waals surface area contributed by atoms with Crippen molar-refractivity contribution in [3.05, 3.63) is 57.2 Å². The number of hydrogen-bond acceptors (Lipinski definition) is 4. The molecular formula is C16H12N2O2S2. The molecule has 1 aliphatic heterocycles. The molecule has 4 rings (SSSR count). The molecule has 4 nitrogen and oxygen atoms in total. The van der Waals surface area contributed by atoms with Gasteiger partial charge >= 0.3 is 0 Å². The van der Waals surface area contributed by atoms with Crippen LogP contribution in [0.15, 0.2) is 46.9 Å². The van der Waals surface area contributed by atoms with Gasteiger partial charge in [-0.2, -0.15) is 4.99 Å². The Hall–Kier alpha value is -2.18. The summed E-state index contributed by atoms with van der Waals surface area (Å²) in [4.78, 5) is 19.1. The van der Waals surface area contributed by atoms with E-state index in [1.165, 1.54) is 22.7 Å². The molecule has 0 radical (unpaired) electrons. The van der Waals surface area contributed by atoms with Crippen molar-refractivity contribution >= 4 is 28.6 Å². The number of thiophene rings is 1. The first-order valence-corrected chi connectivity index (χ1v) is 8.46. The molecule has 0 spiro atoms. The molecule has 0 saturated heterocycles. The third kappa shape index (κ3) is 2.20. The average molecular weight is 328 g/mol. The normalized spacial score (nSPS) is 13.4. The maximum Gasteiger partial charge on any atom is 0.289 e. The van der Waals surface area contributed by atoms with Crippen LogP contribution in [0.5, 0.6) is 5.75 Å². The van der Waals surface area contributed by atoms with Gasteiger partial charge in [0, 0.05) is 34.6 Å². The van der Waals surface area contributed by atoms with Crippen LogP contribution in [0.1, 0.15) is 15.2 Å². The summed E-state index contributed by atoms with van der Waals surface area (Å²) in [6.07, 6.45) is 1.89. The lowest BCUT2D eigenvalue weighted by atomic mass is 10.1. The summed E-state index contributed by atoms with van der Waals surface area (Å²) in [6.45, 7) is 0.503. The highest BCUT2D eigenvalue weighted by atomic mass is 32.1. The topological polar surface area (TPSA) is 43.6 Å². The van der Waals surface area contributed by atoms with Gasteiger partial charge in [0.05, 0.1) is 4.88 Å². The van der Waals surface area contributed by atoms with E-state index in [4.69, 9.17) is 4.74 Å². The molecule has 3 aromatic rings. The van der Waals surface area contributed by atoms with Gasteiger partial charge in [0.25, 0.3) is 5.91 Å². The minimum Gasteiger partial charge on any atom is -0.488 e. The molecule has 0 bridgehead atoms. The highest BCUT2D eigenvalue weighted by molar-refractivity contribution is 7.17. The van der Waals surface area contributed by atoms with Crippen LogP contribution in [-0.2, 0) is 13.7 Å². The molecule has 1 aliphatic rings. The predicted octanol–water partition coefficient (Wildman–Crippen LogP) is 3.45. The van der Waals surface area contributed by atoms with Crippen molar-refractivity contribution in [3.8, 4) is 16.2 Å². The number of rotatable bonds is 1. The number of fused-ring (bicyclic) bond motifs is 3. The van der Waals surface area contributed by atoms with E-state index < -0.39 is 0 Å². The van der Waals surface area contributed by atoms with E-state index in [0.717, 1.165) is 21.8 Å². The minimum absolute atomic E-state index is 0.199. The zero-order valence-corrected chi connectivity index (χ0v) is 13.4. The maximum atomic E-state index is 12.4. The molecule has 2 aromatic heterocycles. The summed E-state index contributed by atoms with van der Waals surface area (Å²) < 4.78 is 7.57. The fourth-order valence-electron chi connectivity index (χ4n) is 2.38. The highest BCUT2D eigenvalue weighted by Crippen LogP contribution is 2.42. The molecule has 1 aromatic carbocycles. The van der Waals surface area contributed by atoms with Crippen molar-refractivity contribution < 1.29 is 9.53 Å². The van der Waals surface area contributed by atoms with E-state index in [-0.39, 0.29) is 5.91 Å². The summed E-state index contributed by atoms with van der Waals surface area (Å²) in [6, 6.07) is 9.81. The molecular weight excluding hydrogens is 316 g/mol. The van der Waals surface area contributed by atoms with E-state index in [0.29, 0.717) is 16.3 Å². The van der Waals surface area contributed by atoms with Crippen LogP contribution in [0.25, 0.3) is 10.4 Å². The van der Waals surface area contributed by atoms with E-state index in [2.05, 4.69) is 4.99 Å². The maximum absolute atomic E-state index is 12.4. The zero-order chi connectivity index (χ0) is 15.1. The van der Waals surface area contributed by atoms with Gasteiger partial charge in [0.2, 0.25) is 0 Å². The van der Waals surface area contributed by atoms with Crippen LogP contribution in [0.2, 0.25) is 0 Å². The first kappa shape index (κ1) is 13.5.